The average molecular weight is 225 g/mol. The van der Waals surface area contributed by atoms with Gasteiger partial charge in [-0.3, -0.25) is 0 Å². The Labute approximate surface area is 96.0 Å². The highest BCUT2D eigenvalue weighted by molar-refractivity contribution is 6.30. The van der Waals surface area contributed by atoms with Crippen LogP contribution in [0.4, 0.5) is 0 Å². The third kappa shape index (κ3) is 3.49. The highest BCUT2D eigenvalue weighted by Crippen LogP contribution is 2.11. The maximum Gasteiger partial charge on any atom is 0.0409 e. The van der Waals surface area contributed by atoms with E-state index in [1.54, 1.807) is 0 Å². The lowest BCUT2D eigenvalue weighted by Crippen LogP contribution is -2.42. The Morgan fingerprint density at radius 2 is 2.40 bits per heavy atom. The van der Waals surface area contributed by atoms with Crippen LogP contribution < -0.4 is 10.6 Å². The van der Waals surface area contributed by atoms with Crippen molar-refractivity contribution in [1.29, 1.82) is 0 Å². The highest BCUT2D eigenvalue weighted by atomic mass is 35.5. The van der Waals surface area contributed by atoms with E-state index >= 15 is 0 Å². The molecule has 0 spiro atoms. The van der Waals surface area contributed by atoms with Gasteiger partial charge in [-0.1, -0.05) is 23.7 Å². The number of halogens is 1. The third-order valence-corrected chi connectivity index (χ3v) is 3.02. The third-order valence-electron chi connectivity index (χ3n) is 2.78. The van der Waals surface area contributed by atoms with Crippen molar-refractivity contribution in [3.8, 4) is 0 Å². The molecule has 1 aliphatic heterocycles. The van der Waals surface area contributed by atoms with Gasteiger partial charge in [-0.25, -0.2) is 0 Å². The summed E-state index contributed by atoms with van der Waals surface area (Å²) in [6.07, 6.45) is 2.54. The number of rotatable bonds is 3. The molecule has 1 saturated heterocycles. The van der Waals surface area contributed by atoms with E-state index in [-0.39, 0.29) is 0 Å². The second-order valence-electron chi connectivity index (χ2n) is 4.05. The van der Waals surface area contributed by atoms with Gasteiger partial charge in [-0.2, -0.15) is 0 Å². The molecule has 0 aromatic heterocycles. The van der Waals surface area contributed by atoms with Crippen molar-refractivity contribution in [3.05, 3.63) is 34.9 Å². The Kier molecular flexibility index (Phi) is 4.01. The number of hydrogen-bond acceptors (Lipinski definition) is 2. The van der Waals surface area contributed by atoms with Gasteiger partial charge in [-0.05, 0) is 37.1 Å². The van der Waals surface area contributed by atoms with Gasteiger partial charge in [0.05, 0.1) is 0 Å². The maximum atomic E-state index is 5.93. The molecule has 15 heavy (non-hydrogen) atoms. The average Bonchev–Trinajstić information content (AvgIpc) is 2.28. The van der Waals surface area contributed by atoms with Crippen molar-refractivity contribution in [2.45, 2.75) is 25.4 Å². The van der Waals surface area contributed by atoms with E-state index in [0.29, 0.717) is 6.04 Å². The standard InChI is InChI=1S/C12H17ClN2/c13-11-4-1-3-10(7-11)8-15-12-5-2-6-14-9-12/h1,3-4,7,12,14-15H,2,5-6,8-9H2/t12-/m0/s1. The number of benzene rings is 1. The Morgan fingerprint density at radius 3 is 3.13 bits per heavy atom. The smallest absolute Gasteiger partial charge is 0.0409 e. The molecule has 0 aliphatic carbocycles. The summed E-state index contributed by atoms with van der Waals surface area (Å²) in [4.78, 5) is 0. The first-order valence-electron chi connectivity index (χ1n) is 5.53. The van der Waals surface area contributed by atoms with Gasteiger partial charge in [-0.15, -0.1) is 0 Å². The highest BCUT2D eigenvalue weighted by Gasteiger charge is 2.11. The molecule has 2 N–H and O–H groups in total. The predicted octanol–water partition coefficient (Wildman–Crippen LogP) is 2.18. The van der Waals surface area contributed by atoms with Gasteiger partial charge in [0.25, 0.3) is 0 Å². The van der Waals surface area contributed by atoms with E-state index in [4.69, 9.17) is 11.6 Å². The van der Waals surface area contributed by atoms with Gasteiger partial charge in [0.15, 0.2) is 0 Å². The first-order chi connectivity index (χ1) is 7.34. The van der Waals surface area contributed by atoms with E-state index in [9.17, 15) is 0 Å². The molecule has 0 amide bonds. The molecular weight excluding hydrogens is 208 g/mol. The zero-order valence-electron chi connectivity index (χ0n) is 8.80. The summed E-state index contributed by atoms with van der Waals surface area (Å²) in [5.41, 5.74) is 1.26. The quantitative estimate of drug-likeness (QED) is 0.823. The molecule has 1 aliphatic rings. The molecule has 0 saturated carbocycles. The molecule has 1 aromatic rings. The second kappa shape index (κ2) is 5.50. The van der Waals surface area contributed by atoms with Gasteiger partial charge >= 0.3 is 0 Å². The minimum Gasteiger partial charge on any atom is -0.315 e. The zero-order valence-corrected chi connectivity index (χ0v) is 9.56. The monoisotopic (exact) mass is 224 g/mol. The van der Waals surface area contributed by atoms with Gasteiger partial charge < -0.3 is 10.6 Å². The van der Waals surface area contributed by atoms with Crippen LogP contribution >= 0.6 is 11.6 Å². The maximum absolute atomic E-state index is 5.93. The summed E-state index contributed by atoms with van der Waals surface area (Å²) in [6.45, 7) is 3.16. The normalized spacial score (nSPS) is 21.5. The van der Waals surface area contributed by atoms with Crippen LogP contribution in [0.15, 0.2) is 24.3 Å². The Morgan fingerprint density at radius 1 is 1.47 bits per heavy atom. The molecule has 1 aromatic carbocycles. The largest absolute Gasteiger partial charge is 0.315 e. The van der Waals surface area contributed by atoms with Gasteiger partial charge in [0, 0.05) is 24.2 Å². The number of piperidine rings is 1. The first-order valence-corrected chi connectivity index (χ1v) is 5.91. The van der Waals surface area contributed by atoms with E-state index in [1.807, 2.05) is 18.2 Å². The topological polar surface area (TPSA) is 24.1 Å². The van der Waals surface area contributed by atoms with E-state index in [1.165, 1.54) is 18.4 Å². The van der Waals surface area contributed by atoms with E-state index in [0.717, 1.165) is 24.7 Å². The molecule has 1 atom stereocenters. The van der Waals surface area contributed by atoms with Gasteiger partial charge in [0.1, 0.15) is 0 Å². The lowest BCUT2D eigenvalue weighted by Gasteiger charge is -2.23. The van der Waals surface area contributed by atoms with Crippen LogP contribution in [0.3, 0.4) is 0 Å². The van der Waals surface area contributed by atoms with Crippen LogP contribution in [0, 0.1) is 0 Å². The molecule has 2 rings (SSSR count). The fourth-order valence-electron chi connectivity index (χ4n) is 1.94. The lowest BCUT2D eigenvalue weighted by molar-refractivity contribution is 0.389. The molecule has 0 radical (unpaired) electrons. The molecule has 0 unspecified atom stereocenters. The number of hydrogen-bond donors (Lipinski definition) is 2. The van der Waals surface area contributed by atoms with Crippen LogP contribution in [0.25, 0.3) is 0 Å². The molecule has 1 fully saturated rings. The second-order valence-corrected chi connectivity index (χ2v) is 4.49. The first kappa shape index (κ1) is 10.9. The van der Waals surface area contributed by atoms with Crippen molar-refractivity contribution in [2.75, 3.05) is 13.1 Å². The molecule has 3 heteroatoms. The Hall–Kier alpha value is -0.570. The van der Waals surface area contributed by atoms with Crippen molar-refractivity contribution in [2.24, 2.45) is 0 Å². The summed E-state index contributed by atoms with van der Waals surface area (Å²) in [5, 5.41) is 7.75. The minimum absolute atomic E-state index is 0.609. The molecule has 1 heterocycles. The zero-order chi connectivity index (χ0) is 10.5. The fourth-order valence-corrected chi connectivity index (χ4v) is 2.15. The summed E-state index contributed by atoms with van der Waals surface area (Å²) in [7, 11) is 0. The van der Waals surface area contributed by atoms with Gasteiger partial charge in [0.2, 0.25) is 0 Å². The van der Waals surface area contributed by atoms with Crippen LogP contribution in [0.5, 0.6) is 0 Å². The van der Waals surface area contributed by atoms with Crippen LogP contribution in [-0.2, 0) is 6.54 Å². The van der Waals surface area contributed by atoms with Crippen molar-refractivity contribution in [1.82, 2.24) is 10.6 Å². The fraction of sp³-hybridized carbons (Fsp3) is 0.500. The van der Waals surface area contributed by atoms with E-state index in [2.05, 4.69) is 16.7 Å². The van der Waals surface area contributed by atoms with Crippen molar-refractivity contribution >= 4 is 11.6 Å². The molecule has 0 bridgehead atoms. The van der Waals surface area contributed by atoms with Crippen LogP contribution in [0.2, 0.25) is 5.02 Å². The Bertz CT molecular complexity index is 308. The van der Waals surface area contributed by atoms with E-state index < -0.39 is 0 Å². The minimum atomic E-state index is 0.609. The lowest BCUT2D eigenvalue weighted by atomic mass is 10.1. The summed E-state index contributed by atoms with van der Waals surface area (Å²) < 4.78 is 0. The Balaban J connectivity index is 1.81. The summed E-state index contributed by atoms with van der Waals surface area (Å²) >= 11 is 5.93. The summed E-state index contributed by atoms with van der Waals surface area (Å²) in [6, 6.07) is 8.64. The summed E-state index contributed by atoms with van der Waals surface area (Å²) in [5.74, 6) is 0. The molecule has 82 valence electrons. The molecule has 2 nitrogen and oxygen atoms in total. The van der Waals surface area contributed by atoms with Crippen molar-refractivity contribution in [3.63, 3.8) is 0 Å². The number of nitrogens with one attached hydrogen (secondary N) is 2. The van der Waals surface area contributed by atoms with Crippen molar-refractivity contribution < 1.29 is 0 Å². The van der Waals surface area contributed by atoms with Crippen LogP contribution in [-0.4, -0.2) is 19.1 Å². The van der Waals surface area contributed by atoms with Crippen LogP contribution in [0.1, 0.15) is 18.4 Å². The SMILES string of the molecule is Clc1cccc(CN[C@H]2CCCNC2)c1. The predicted molar refractivity (Wildman–Crippen MR) is 64.2 cm³/mol. The molecular formula is C12H17ClN2.